The summed E-state index contributed by atoms with van der Waals surface area (Å²) in [6.45, 7) is 4.67. The van der Waals surface area contributed by atoms with Gasteiger partial charge in [0, 0.05) is 58.9 Å². The fourth-order valence-electron chi connectivity index (χ4n) is 2.32. The van der Waals surface area contributed by atoms with E-state index in [1.165, 1.54) is 0 Å². The minimum absolute atomic E-state index is 0.250. The summed E-state index contributed by atoms with van der Waals surface area (Å²) in [5.41, 5.74) is 10.6. The van der Waals surface area contributed by atoms with Crippen molar-refractivity contribution in [2.45, 2.75) is 25.7 Å². The summed E-state index contributed by atoms with van der Waals surface area (Å²) in [6, 6.07) is 0. The molecule has 10 heteroatoms. The molecule has 1 heterocycles. The van der Waals surface area contributed by atoms with Crippen molar-refractivity contribution in [2.24, 2.45) is 11.5 Å². The summed E-state index contributed by atoms with van der Waals surface area (Å²) in [5.74, 6) is 0.688. The molecule has 0 bridgehead atoms. The molecule has 0 aliphatic heterocycles. The molecule has 1 aromatic rings. The largest absolute Gasteiger partial charge is 0.385 e. The van der Waals surface area contributed by atoms with Gasteiger partial charge in [-0.3, -0.25) is 9.59 Å². The van der Waals surface area contributed by atoms with Crippen molar-refractivity contribution in [1.29, 1.82) is 0 Å². The minimum atomic E-state index is 0.250. The molecule has 0 aliphatic rings. The number of hydrogen-bond donors (Lipinski definition) is 3. The Balaban J connectivity index is 0.00000227. The maximum atomic E-state index is 10.4. The van der Waals surface area contributed by atoms with Crippen LogP contribution in [0.5, 0.6) is 0 Å². The van der Waals surface area contributed by atoms with Gasteiger partial charge in [0.05, 0.1) is 6.61 Å². The number of primary amides is 1. The van der Waals surface area contributed by atoms with Crippen LogP contribution in [0.25, 0.3) is 0 Å². The minimum Gasteiger partial charge on any atom is -0.385 e. The van der Waals surface area contributed by atoms with Gasteiger partial charge in [0.25, 0.3) is 0 Å². The molecule has 0 radical (unpaired) electrons. The van der Waals surface area contributed by atoms with Crippen LogP contribution in [0, 0.1) is 0 Å². The second-order valence-corrected chi connectivity index (χ2v) is 5.79. The zero-order chi connectivity index (χ0) is 20.9. The molecule has 0 atom stereocenters. The van der Waals surface area contributed by atoms with Gasteiger partial charge in [0.1, 0.15) is 0 Å². The number of hydrogen-bond acceptors (Lipinski definition) is 8. The number of methoxy groups -OCH3 is 1. The quantitative estimate of drug-likeness (QED) is 0.249. The molecule has 0 aliphatic carbocycles. The summed E-state index contributed by atoms with van der Waals surface area (Å²) in [6.07, 6.45) is 8.45. The number of carbonyl (C=O) groups excluding carboxylic acids is 2. The van der Waals surface area contributed by atoms with E-state index in [4.69, 9.17) is 20.0 Å². The Hall–Kier alpha value is -2.30. The lowest BCUT2D eigenvalue weighted by Crippen LogP contribution is -2.33. The molecule has 0 saturated heterocycles. The molecule has 0 fully saturated rings. The average molecular weight is 399 g/mol. The first kappa shape index (κ1) is 25.7. The van der Waals surface area contributed by atoms with Gasteiger partial charge >= 0.3 is 0 Å². The van der Waals surface area contributed by atoms with E-state index in [1.54, 1.807) is 7.11 Å². The van der Waals surface area contributed by atoms with Gasteiger partial charge in [-0.25, -0.2) is 9.97 Å². The first-order chi connectivity index (χ1) is 13.7. The molecule has 1 rings (SSSR count). The van der Waals surface area contributed by atoms with Gasteiger partial charge in [-0.15, -0.1) is 0 Å². The number of aryl methyl sites for hydroxylation is 1. The van der Waals surface area contributed by atoms with Crippen LogP contribution in [-0.4, -0.2) is 75.9 Å². The van der Waals surface area contributed by atoms with Crippen molar-refractivity contribution in [3.8, 4) is 0 Å². The van der Waals surface area contributed by atoms with E-state index in [0.717, 1.165) is 44.4 Å². The predicted molar refractivity (Wildman–Crippen MR) is 108 cm³/mol. The normalized spacial score (nSPS) is 9.93. The van der Waals surface area contributed by atoms with Crippen LogP contribution in [0.15, 0.2) is 12.4 Å². The molecule has 2 amide bonds. The van der Waals surface area contributed by atoms with Gasteiger partial charge in [0.2, 0.25) is 18.8 Å². The lowest BCUT2D eigenvalue weighted by Gasteiger charge is -2.22. The average Bonchev–Trinajstić information content (AvgIpc) is 2.71. The maximum absolute atomic E-state index is 10.4. The van der Waals surface area contributed by atoms with E-state index in [1.807, 2.05) is 12.4 Å². The fraction of sp³-hybridized carbons (Fsp3) is 0.667. The van der Waals surface area contributed by atoms with Crippen LogP contribution in [0.2, 0.25) is 0 Å². The van der Waals surface area contributed by atoms with Crippen LogP contribution >= 0.6 is 0 Å². The van der Waals surface area contributed by atoms with Crippen LogP contribution in [0.4, 0.5) is 5.95 Å². The summed E-state index contributed by atoms with van der Waals surface area (Å²) < 4.78 is 10.4. The summed E-state index contributed by atoms with van der Waals surface area (Å²) in [7, 11) is 1.70. The lowest BCUT2D eigenvalue weighted by atomic mass is 10.2. The Labute approximate surface area is 167 Å². The van der Waals surface area contributed by atoms with Crippen LogP contribution in [0.1, 0.15) is 24.8 Å². The zero-order valence-electron chi connectivity index (χ0n) is 16.7. The first-order valence-electron chi connectivity index (χ1n) is 9.38. The molecule has 160 valence electrons. The molecular weight excluding hydrogens is 364 g/mol. The van der Waals surface area contributed by atoms with Gasteiger partial charge < -0.3 is 31.2 Å². The number of nitrogens with one attached hydrogen (secondary N) is 1. The van der Waals surface area contributed by atoms with Gasteiger partial charge in [-0.2, -0.15) is 0 Å². The van der Waals surface area contributed by atoms with Crippen molar-refractivity contribution >= 4 is 18.8 Å². The first-order valence-corrected chi connectivity index (χ1v) is 9.38. The highest BCUT2D eigenvalue weighted by atomic mass is 16.5. The zero-order valence-corrected chi connectivity index (χ0v) is 16.7. The smallest absolute Gasteiger partial charge is 0.225 e. The number of amides is 2. The highest BCUT2D eigenvalue weighted by Gasteiger charge is 2.09. The molecule has 0 saturated carbocycles. The second kappa shape index (κ2) is 19.5. The third-order valence-electron chi connectivity index (χ3n) is 3.63. The standard InChI is InChI=1S/C17H31N5O3.CH3NO/c1-24-10-3-2-8-22(9-7-19-15-23)17-20-13-16(14-21-17)5-4-11-25-12-6-18;2-1-3/h13-15H,2-12,18H2,1H3,(H,19,23);1H,(H2,2,3). The molecule has 0 unspecified atom stereocenters. The Kier molecular flexibility index (Phi) is 17.9. The highest BCUT2D eigenvalue weighted by Crippen LogP contribution is 2.09. The number of nitrogens with zero attached hydrogens (tertiary/aromatic N) is 3. The Morgan fingerprint density at radius 1 is 1.11 bits per heavy atom. The number of anilines is 1. The van der Waals surface area contributed by atoms with Gasteiger partial charge in [-0.1, -0.05) is 0 Å². The number of unbranched alkanes of at least 4 members (excludes halogenated alkanes) is 1. The number of nitrogens with two attached hydrogens (primary N) is 2. The van der Waals surface area contributed by atoms with E-state index in [9.17, 15) is 4.79 Å². The van der Waals surface area contributed by atoms with E-state index in [2.05, 4.69) is 25.9 Å². The van der Waals surface area contributed by atoms with E-state index < -0.39 is 0 Å². The highest BCUT2D eigenvalue weighted by molar-refractivity contribution is 5.46. The van der Waals surface area contributed by atoms with Crippen molar-refractivity contribution in [3.63, 3.8) is 0 Å². The SMILES string of the molecule is COCCCCN(CCNC=O)c1ncc(CCCOCCN)cn1.NC=O. The monoisotopic (exact) mass is 398 g/mol. The number of carbonyl (C=O) groups is 2. The van der Waals surface area contributed by atoms with E-state index in [-0.39, 0.29) is 6.41 Å². The maximum Gasteiger partial charge on any atom is 0.225 e. The van der Waals surface area contributed by atoms with Crippen LogP contribution in [0.3, 0.4) is 0 Å². The van der Waals surface area contributed by atoms with Crippen molar-refractivity contribution in [1.82, 2.24) is 15.3 Å². The van der Waals surface area contributed by atoms with Gasteiger partial charge in [-0.05, 0) is 31.2 Å². The van der Waals surface area contributed by atoms with Gasteiger partial charge in [0.15, 0.2) is 0 Å². The van der Waals surface area contributed by atoms with E-state index >= 15 is 0 Å². The molecule has 1 aromatic heterocycles. The van der Waals surface area contributed by atoms with Crippen LogP contribution < -0.4 is 21.7 Å². The summed E-state index contributed by atoms with van der Waals surface area (Å²) in [4.78, 5) is 30.1. The Morgan fingerprint density at radius 3 is 2.43 bits per heavy atom. The van der Waals surface area contributed by atoms with Crippen LogP contribution in [-0.2, 0) is 25.5 Å². The number of rotatable bonds is 16. The molecule has 10 nitrogen and oxygen atoms in total. The Bertz CT molecular complexity index is 489. The topological polar surface area (TPSA) is 146 Å². The number of ether oxygens (including phenoxy) is 2. The van der Waals surface area contributed by atoms with Crippen molar-refractivity contribution < 1.29 is 19.1 Å². The molecule has 0 aromatic carbocycles. The number of aromatic nitrogens is 2. The third kappa shape index (κ3) is 13.8. The molecular formula is C18H34N6O4. The van der Waals surface area contributed by atoms with E-state index in [0.29, 0.717) is 45.2 Å². The Morgan fingerprint density at radius 2 is 1.82 bits per heavy atom. The predicted octanol–water partition coefficient (Wildman–Crippen LogP) is -0.535. The summed E-state index contributed by atoms with van der Waals surface area (Å²) >= 11 is 0. The summed E-state index contributed by atoms with van der Waals surface area (Å²) in [5, 5.41) is 2.68. The van der Waals surface area contributed by atoms with Crippen molar-refractivity contribution in [3.05, 3.63) is 18.0 Å². The fourth-order valence-corrected chi connectivity index (χ4v) is 2.32. The molecule has 28 heavy (non-hydrogen) atoms. The van der Waals surface area contributed by atoms with Crippen molar-refractivity contribution in [2.75, 3.05) is 58.0 Å². The lowest BCUT2D eigenvalue weighted by molar-refractivity contribution is -0.109. The molecule has 0 spiro atoms. The second-order valence-electron chi connectivity index (χ2n) is 5.79. The third-order valence-corrected chi connectivity index (χ3v) is 3.63. The molecule has 5 N–H and O–H groups in total.